The summed E-state index contributed by atoms with van der Waals surface area (Å²) in [6.45, 7) is 4.18. The molecular formula is C19H26N4O2. The minimum atomic E-state index is -0.434. The normalized spacial score (nSPS) is 17.8. The number of piperidine rings is 1. The average Bonchev–Trinajstić information content (AvgIpc) is 3.17. The van der Waals surface area contributed by atoms with E-state index in [-0.39, 0.29) is 11.9 Å². The number of methoxy groups -OCH3 is 1. The van der Waals surface area contributed by atoms with Gasteiger partial charge in [-0.3, -0.25) is 4.79 Å². The van der Waals surface area contributed by atoms with Gasteiger partial charge in [0.05, 0.1) is 24.4 Å². The third kappa shape index (κ3) is 3.91. The molecule has 2 heterocycles. The van der Waals surface area contributed by atoms with Crippen LogP contribution in [0.2, 0.25) is 0 Å². The Bertz CT molecular complexity index is 688. The molecule has 1 fully saturated rings. The van der Waals surface area contributed by atoms with E-state index < -0.39 is 5.41 Å². The predicted octanol–water partition coefficient (Wildman–Crippen LogP) is 2.07. The highest BCUT2D eigenvalue weighted by Crippen LogP contribution is 2.30. The fourth-order valence-electron chi connectivity index (χ4n) is 3.42. The van der Waals surface area contributed by atoms with Crippen LogP contribution in [-0.4, -0.2) is 42.3 Å². The maximum absolute atomic E-state index is 13.0. The zero-order chi connectivity index (χ0) is 17.7. The molecule has 1 unspecified atom stereocenters. The van der Waals surface area contributed by atoms with Crippen LogP contribution < -0.4 is 10.6 Å². The van der Waals surface area contributed by atoms with Gasteiger partial charge in [-0.05, 0) is 50.6 Å². The molecular weight excluding hydrogens is 316 g/mol. The lowest BCUT2D eigenvalue weighted by Crippen LogP contribution is -2.50. The van der Waals surface area contributed by atoms with E-state index in [9.17, 15) is 4.79 Å². The van der Waals surface area contributed by atoms with Gasteiger partial charge in [0.25, 0.3) is 0 Å². The molecule has 0 spiro atoms. The van der Waals surface area contributed by atoms with E-state index in [1.54, 1.807) is 19.6 Å². The van der Waals surface area contributed by atoms with Crippen molar-refractivity contribution >= 4 is 5.91 Å². The van der Waals surface area contributed by atoms with Crippen LogP contribution in [0.3, 0.4) is 0 Å². The lowest BCUT2D eigenvalue weighted by Gasteiger charge is -2.36. The Hall–Kier alpha value is -2.18. The molecule has 1 aromatic carbocycles. The number of hydrogen-bond donors (Lipinski definition) is 2. The molecule has 2 N–H and O–H groups in total. The highest BCUT2D eigenvalue weighted by atomic mass is 16.5. The minimum Gasteiger partial charge on any atom is -0.384 e. The van der Waals surface area contributed by atoms with Gasteiger partial charge in [-0.1, -0.05) is 12.1 Å². The van der Waals surface area contributed by atoms with Crippen molar-refractivity contribution in [3.8, 4) is 5.69 Å². The SMILES string of the molecule is COCC1(C(=O)NC(C)c2cccc(-n3ccnc3)c2)CCNCC1. The molecule has 25 heavy (non-hydrogen) atoms. The number of amides is 1. The number of ether oxygens (including phenoxy) is 1. The Balaban J connectivity index is 1.74. The number of rotatable bonds is 6. The van der Waals surface area contributed by atoms with E-state index in [1.807, 2.05) is 35.9 Å². The standard InChI is InChI=1S/C19H26N4O2/c1-15(16-4-3-5-17(12-16)23-11-10-21-14-23)22-18(24)19(13-25-2)6-8-20-9-7-19/h3-5,10-12,14-15,20H,6-9,13H2,1-2H3,(H,22,24). The van der Waals surface area contributed by atoms with Crippen LogP contribution in [0.4, 0.5) is 0 Å². The van der Waals surface area contributed by atoms with Crippen LogP contribution in [0.15, 0.2) is 43.0 Å². The molecule has 1 aliphatic rings. The van der Waals surface area contributed by atoms with Gasteiger partial charge >= 0.3 is 0 Å². The van der Waals surface area contributed by atoms with Gasteiger partial charge in [0, 0.05) is 25.2 Å². The van der Waals surface area contributed by atoms with Crippen molar-refractivity contribution in [2.45, 2.75) is 25.8 Å². The zero-order valence-electron chi connectivity index (χ0n) is 14.9. The molecule has 1 atom stereocenters. The van der Waals surface area contributed by atoms with Crippen molar-refractivity contribution in [2.75, 3.05) is 26.8 Å². The Morgan fingerprint density at radius 3 is 2.92 bits per heavy atom. The van der Waals surface area contributed by atoms with Crippen LogP contribution in [0.5, 0.6) is 0 Å². The van der Waals surface area contributed by atoms with E-state index in [0.29, 0.717) is 6.61 Å². The molecule has 1 aliphatic heterocycles. The highest BCUT2D eigenvalue weighted by molar-refractivity contribution is 5.83. The summed E-state index contributed by atoms with van der Waals surface area (Å²) in [6, 6.07) is 8.08. The lowest BCUT2D eigenvalue weighted by molar-refractivity contribution is -0.136. The fraction of sp³-hybridized carbons (Fsp3) is 0.474. The summed E-state index contributed by atoms with van der Waals surface area (Å²) in [6.07, 6.45) is 7.03. The summed E-state index contributed by atoms with van der Waals surface area (Å²) < 4.78 is 7.32. The van der Waals surface area contributed by atoms with Crippen molar-refractivity contribution in [3.05, 3.63) is 48.5 Å². The van der Waals surface area contributed by atoms with Crippen LogP contribution in [-0.2, 0) is 9.53 Å². The maximum atomic E-state index is 13.0. The summed E-state index contributed by atoms with van der Waals surface area (Å²) in [5.41, 5.74) is 1.67. The first kappa shape index (κ1) is 17.6. The van der Waals surface area contributed by atoms with Gasteiger partial charge in [-0.2, -0.15) is 0 Å². The summed E-state index contributed by atoms with van der Waals surface area (Å²) in [5.74, 6) is 0.0800. The predicted molar refractivity (Wildman–Crippen MR) is 96.5 cm³/mol. The van der Waals surface area contributed by atoms with Gasteiger partial charge in [0.15, 0.2) is 0 Å². The Morgan fingerprint density at radius 2 is 2.24 bits per heavy atom. The maximum Gasteiger partial charge on any atom is 0.229 e. The van der Waals surface area contributed by atoms with Crippen molar-refractivity contribution in [1.82, 2.24) is 20.2 Å². The minimum absolute atomic E-state index is 0.0698. The summed E-state index contributed by atoms with van der Waals surface area (Å²) in [5, 5.41) is 6.51. The van der Waals surface area contributed by atoms with Crippen molar-refractivity contribution < 1.29 is 9.53 Å². The number of hydrogen-bond acceptors (Lipinski definition) is 4. The van der Waals surface area contributed by atoms with E-state index in [2.05, 4.69) is 21.7 Å². The van der Waals surface area contributed by atoms with Crippen molar-refractivity contribution in [1.29, 1.82) is 0 Å². The number of carbonyl (C=O) groups is 1. The molecule has 1 saturated heterocycles. The second kappa shape index (κ2) is 7.80. The molecule has 6 nitrogen and oxygen atoms in total. The van der Waals surface area contributed by atoms with Crippen LogP contribution in [0.1, 0.15) is 31.4 Å². The molecule has 1 amide bonds. The van der Waals surface area contributed by atoms with Crippen LogP contribution in [0, 0.1) is 5.41 Å². The molecule has 0 saturated carbocycles. The Morgan fingerprint density at radius 1 is 1.44 bits per heavy atom. The van der Waals surface area contributed by atoms with Crippen LogP contribution >= 0.6 is 0 Å². The molecule has 3 rings (SSSR count). The van der Waals surface area contributed by atoms with Gasteiger partial charge in [-0.25, -0.2) is 4.98 Å². The fourth-order valence-corrected chi connectivity index (χ4v) is 3.42. The third-order valence-corrected chi connectivity index (χ3v) is 4.98. The van der Waals surface area contributed by atoms with Gasteiger partial charge in [0.1, 0.15) is 0 Å². The zero-order valence-corrected chi connectivity index (χ0v) is 14.9. The number of benzene rings is 1. The molecule has 1 aromatic heterocycles. The number of nitrogens with zero attached hydrogens (tertiary/aromatic N) is 2. The quantitative estimate of drug-likeness (QED) is 0.843. The van der Waals surface area contributed by atoms with Gasteiger partial charge in [-0.15, -0.1) is 0 Å². The number of carbonyl (C=O) groups excluding carboxylic acids is 1. The Labute approximate surface area is 148 Å². The van der Waals surface area contributed by atoms with Crippen molar-refractivity contribution in [2.24, 2.45) is 5.41 Å². The second-order valence-electron chi connectivity index (χ2n) is 6.72. The first-order valence-corrected chi connectivity index (χ1v) is 8.73. The molecule has 134 valence electrons. The molecule has 2 aromatic rings. The van der Waals surface area contributed by atoms with E-state index in [4.69, 9.17) is 4.74 Å². The summed E-state index contributed by atoms with van der Waals surface area (Å²) in [7, 11) is 1.66. The summed E-state index contributed by atoms with van der Waals surface area (Å²) >= 11 is 0. The number of nitrogens with one attached hydrogen (secondary N) is 2. The lowest BCUT2D eigenvalue weighted by atomic mass is 9.78. The largest absolute Gasteiger partial charge is 0.384 e. The van der Waals surface area contributed by atoms with E-state index >= 15 is 0 Å². The smallest absolute Gasteiger partial charge is 0.229 e. The van der Waals surface area contributed by atoms with Gasteiger partial charge < -0.3 is 19.9 Å². The second-order valence-corrected chi connectivity index (χ2v) is 6.72. The molecule has 0 radical (unpaired) electrons. The number of imidazole rings is 1. The van der Waals surface area contributed by atoms with Crippen LogP contribution in [0.25, 0.3) is 5.69 Å². The summed E-state index contributed by atoms with van der Waals surface area (Å²) in [4.78, 5) is 17.1. The molecule has 0 bridgehead atoms. The van der Waals surface area contributed by atoms with E-state index in [1.165, 1.54) is 0 Å². The molecule has 0 aliphatic carbocycles. The van der Waals surface area contributed by atoms with Crippen molar-refractivity contribution in [3.63, 3.8) is 0 Å². The Kier molecular flexibility index (Phi) is 5.50. The first-order valence-electron chi connectivity index (χ1n) is 8.73. The third-order valence-electron chi connectivity index (χ3n) is 4.98. The van der Waals surface area contributed by atoms with E-state index in [0.717, 1.165) is 37.2 Å². The highest BCUT2D eigenvalue weighted by Gasteiger charge is 2.40. The monoisotopic (exact) mass is 342 g/mol. The first-order chi connectivity index (χ1) is 12.1. The van der Waals surface area contributed by atoms with Gasteiger partial charge in [0.2, 0.25) is 5.91 Å². The number of aromatic nitrogens is 2. The topological polar surface area (TPSA) is 68.2 Å². The molecule has 6 heteroatoms. The average molecular weight is 342 g/mol.